The van der Waals surface area contributed by atoms with E-state index in [0.29, 0.717) is 16.0 Å². The summed E-state index contributed by atoms with van der Waals surface area (Å²) in [7, 11) is 1.58. The van der Waals surface area contributed by atoms with Gasteiger partial charge >= 0.3 is 5.91 Å². The van der Waals surface area contributed by atoms with Crippen molar-refractivity contribution in [3.63, 3.8) is 0 Å². The second-order valence-electron chi connectivity index (χ2n) is 6.01. The summed E-state index contributed by atoms with van der Waals surface area (Å²) in [6.45, 7) is 0. The first-order chi connectivity index (χ1) is 14.0. The Bertz CT molecular complexity index is 1130. The third-order valence-corrected chi connectivity index (χ3v) is 5.31. The summed E-state index contributed by atoms with van der Waals surface area (Å²) in [4.78, 5) is 42.1. The molecule has 29 heavy (non-hydrogen) atoms. The Morgan fingerprint density at radius 1 is 1.21 bits per heavy atom. The lowest BCUT2D eigenvalue weighted by atomic mass is 10.1. The molecule has 0 saturated carbocycles. The quantitative estimate of drug-likeness (QED) is 0.492. The molecule has 1 aliphatic heterocycles. The van der Waals surface area contributed by atoms with Gasteiger partial charge in [-0.3, -0.25) is 19.5 Å². The molecule has 0 radical (unpaired) electrons. The molecule has 10 heteroatoms. The fraction of sp³-hybridized carbons (Fsp3) is 0.105. The van der Waals surface area contributed by atoms with Crippen LogP contribution in [-0.2, 0) is 9.59 Å². The van der Waals surface area contributed by atoms with Crippen LogP contribution in [0.2, 0.25) is 5.02 Å². The number of anilines is 1. The molecular formula is C19H13ClN4O4S. The zero-order valence-electron chi connectivity index (χ0n) is 15.0. The summed E-state index contributed by atoms with van der Waals surface area (Å²) < 4.78 is 5.12. The highest BCUT2D eigenvalue weighted by Gasteiger charge is 2.39. The summed E-state index contributed by atoms with van der Waals surface area (Å²) >= 11 is 6.94. The maximum atomic E-state index is 12.6. The van der Waals surface area contributed by atoms with Gasteiger partial charge in [0.05, 0.1) is 24.1 Å². The van der Waals surface area contributed by atoms with E-state index in [-0.39, 0.29) is 17.0 Å². The SMILES string of the molecule is COc1ccc(-c2nc(SCC(=O)N3C(=O)C(=O)c4cc(Cl)ccc43)n[nH]2)cc1. The van der Waals surface area contributed by atoms with Crippen molar-refractivity contribution < 1.29 is 19.1 Å². The lowest BCUT2D eigenvalue weighted by Gasteiger charge is -2.13. The number of hydrogen-bond acceptors (Lipinski definition) is 7. The van der Waals surface area contributed by atoms with E-state index in [0.717, 1.165) is 28.0 Å². The number of ether oxygens (including phenoxy) is 1. The van der Waals surface area contributed by atoms with Crippen LogP contribution in [0.4, 0.5) is 5.69 Å². The molecular weight excluding hydrogens is 416 g/mol. The number of carbonyl (C=O) groups is 3. The van der Waals surface area contributed by atoms with E-state index in [1.807, 2.05) is 12.1 Å². The third kappa shape index (κ3) is 3.62. The zero-order valence-corrected chi connectivity index (χ0v) is 16.6. The molecule has 3 aromatic rings. The molecule has 2 heterocycles. The lowest BCUT2D eigenvalue weighted by Crippen LogP contribution is -2.37. The molecule has 0 atom stereocenters. The minimum atomic E-state index is -0.887. The standard InChI is InChI=1S/C19H13ClN4O4S/c1-28-12-5-2-10(3-6-12)17-21-19(23-22-17)29-9-15(25)24-14-7-4-11(20)8-13(14)16(26)18(24)27/h2-8H,9H2,1H3,(H,21,22,23). The Balaban J connectivity index is 1.46. The molecule has 2 aromatic carbocycles. The van der Waals surface area contributed by atoms with E-state index in [1.54, 1.807) is 19.2 Å². The minimum Gasteiger partial charge on any atom is -0.497 e. The van der Waals surface area contributed by atoms with Gasteiger partial charge in [0, 0.05) is 10.6 Å². The predicted octanol–water partition coefficient (Wildman–Crippen LogP) is 2.98. The monoisotopic (exact) mass is 428 g/mol. The Morgan fingerprint density at radius 3 is 2.69 bits per heavy atom. The number of fused-ring (bicyclic) bond motifs is 1. The van der Waals surface area contributed by atoms with Gasteiger partial charge in [-0.05, 0) is 42.5 Å². The van der Waals surface area contributed by atoms with Crippen LogP contribution in [0.15, 0.2) is 47.6 Å². The van der Waals surface area contributed by atoms with Crippen LogP contribution in [0.25, 0.3) is 11.4 Å². The number of benzene rings is 2. The van der Waals surface area contributed by atoms with E-state index >= 15 is 0 Å². The van der Waals surface area contributed by atoms with Crippen LogP contribution >= 0.6 is 23.4 Å². The molecule has 1 aliphatic rings. The number of amides is 2. The van der Waals surface area contributed by atoms with Crippen molar-refractivity contribution >= 4 is 46.6 Å². The smallest absolute Gasteiger partial charge is 0.306 e. The highest BCUT2D eigenvalue weighted by molar-refractivity contribution is 7.99. The third-order valence-electron chi connectivity index (χ3n) is 4.24. The highest BCUT2D eigenvalue weighted by atomic mass is 35.5. The van der Waals surface area contributed by atoms with Crippen LogP contribution in [0.1, 0.15) is 10.4 Å². The Kier molecular flexibility index (Phi) is 5.08. The van der Waals surface area contributed by atoms with Gasteiger partial charge in [-0.15, -0.1) is 5.10 Å². The Hall–Kier alpha value is -3.17. The van der Waals surface area contributed by atoms with Crippen molar-refractivity contribution in [1.29, 1.82) is 0 Å². The van der Waals surface area contributed by atoms with Gasteiger partial charge in [0.25, 0.3) is 5.78 Å². The van der Waals surface area contributed by atoms with Crippen molar-refractivity contribution in [2.24, 2.45) is 0 Å². The van der Waals surface area contributed by atoms with Gasteiger partial charge in [0.15, 0.2) is 5.82 Å². The number of aromatic nitrogens is 3. The molecule has 2 amide bonds. The molecule has 146 valence electrons. The fourth-order valence-corrected chi connectivity index (χ4v) is 3.66. The van der Waals surface area contributed by atoms with Gasteiger partial charge in [0.1, 0.15) is 5.75 Å². The average molecular weight is 429 g/mol. The van der Waals surface area contributed by atoms with E-state index in [4.69, 9.17) is 16.3 Å². The van der Waals surface area contributed by atoms with Gasteiger partial charge in [0.2, 0.25) is 11.1 Å². The number of nitrogens with one attached hydrogen (secondary N) is 1. The van der Waals surface area contributed by atoms with Crippen molar-refractivity contribution in [1.82, 2.24) is 15.2 Å². The second-order valence-corrected chi connectivity index (χ2v) is 7.39. The number of H-pyrrole nitrogens is 1. The lowest BCUT2D eigenvalue weighted by molar-refractivity contribution is -0.122. The maximum Gasteiger partial charge on any atom is 0.306 e. The number of carbonyl (C=O) groups excluding carboxylic acids is 3. The van der Waals surface area contributed by atoms with E-state index in [2.05, 4.69) is 15.2 Å². The summed E-state index contributed by atoms with van der Waals surface area (Å²) in [6, 6.07) is 11.6. The number of thioether (sulfide) groups is 1. The molecule has 0 bridgehead atoms. The van der Waals surface area contributed by atoms with E-state index < -0.39 is 17.6 Å². The number of imide groups is 1. The van der Waals surface area contributed by atoms with E-state index in [9.17, 15) is 14.4 Å². The molecule has 0 saturated heterocycles. The van der Waals surface area contributed by atoms with Crippen molar-refractivity contribution in [2.75, 3.05) is 17.8 Å². The molecule has 1 N–H and O–H groups in total. The normalized spacial score (nSPS) is 13.0. The molecule has 4 rings (SSSR count). The molecule has 0 unspecified atom stereocenters. The van der Waals surface area contributed by atoms with Crippen LogP contribution in [-0.4, -0.2) is 45.6 Å². The van der Waals surface area contributed by atoms with Crippen molar-refractivity contribution in [3.8, 4) is 17.1 Å². The summed E-state index contributed by atoms with van der Waals surface area (Å²) in [5.74, 6) is -1.02. The van der Waals surface area contributed by atoms with Crippen molar-refractivity contribution in [3.05, 3.63) is 53.1 Å². The Morgan fingerprint density at radius 2 is 1.97 bits per heavy atom. The first-order valence-electron chi connectivity index (χ1n) is 8.38. The molecule has 0 aliphatic carbocycles. The number of methoxy groups -OCH3 is 1. The summed E-state index contributed by atoms with van der Waals surface area (Å²) in [5.41, 5.74) is 1.17. The first-order valence-corrected chi connectivity index (χ1v) is 9.75. The number of nitrogens with zero attached hydrogens (tertiary/aromatic N) is 3. The van der Waals surface area contributed by atoms with Crippen LogP contribution in [0.3, 0.4) is 0 Å². The predicted molar refractivity (Wildman–Crippen MR) is 107 cm³/mol. The number of ketones is 1. The molecule has 8 nitrogen and oxygen atoms in total. The summed E-state index contributed by atoms with van der Waals surface area (Å²) in [6.07, 6.45) is 0. The Labute approximate surface area is 174 Å². The van der Waals surface area contributed by atoms with Crippen LogP contribution < -0.4 is 9.64 Å². The highest BCUT2D eigenvalue weighted by Crippen LogP contribution is 2.32. The fourth-order valence-electron chi connectivity index (χ4n) is 2.84. The van der Waals surface area contributed by atoms with Gasteiger partial charge in [-0.25, -0.2) is 9.88 Å². The first kappa shape index (κ1) is 19.2. The minimum absolute atomic E-state index is 0.110. The zero-order chi connectivity index (χ0) is 20.5. The van der Waals surface area contributed by atoms with Crippen LogP contribution in [0, 0.1) is 0 Å². The van der Waals surface area contributed by atoms with Gasteiger partial charge in [-0.2, -0.15) is 0 Å². The van der Waals surface area contributed by atoms with Gasteiger partial charge < -0.3 is 4.74 Å². The van der Waals surface area contributed by atoms with Crippen molar-refractivity contribution in [2.45, 2.75) is 5.16 Å². The number of halogens is 1. The van der Waals surface area contributed by atoms with Crippen LogP contribution in [0.5, 0.6) is 5.75 Å². The second kappa shape index (κ2) is 7.69. The number of Topliss-reactive ketones (excluding diaryl/α,β-unsaturated/α-hetero) is 1. The van der Waals surface area contributed by atoms with E-state index in [1.165, 1.54) is 18.2 Å². The average Bonchev–Trinajstić information content (AvgIpc) is 3.30. The van der Waals surface area contributed by atoms with Gasteiger partial charge in [-0.1, -0.05) is 23.4 Å². The molecule has 1 aromatic heterocycles. The maximum absolute atomic E-state index is 12.6. The summed E-state index contributed by atoms with van der Waals surface area (Å²) in [5, 5.41) is 7.55. The number of hydrogen-bond donors (Lipinski definition) is 1. The largest absolute Gasteiger partial charge is 0.497 e. The number of aromatic amines is 1. The molecule has 0 fully saturated rings. The molecule has 0 spiro atoms. The number of rotatable bonds is 5. The topological polar surface area (TPSA) is 105 Å².